The fourth-order valence-corrected chi connectivity index (χ4v) is 1.83. The Hall–Kier alpha value is -1.35. The monoisotopic (exact) mass is 218 g/mol. The third-order valence-electron chi connectivity index (χ3n) is 3.05. The Bertz CT molecular complexity index is 372. The van der Waals surface area contributed by atoms with E-state index in [4.69, 9.17) is 0 Å². The lowest BCUT2D eigenvalue weighted by Gasteiger charge is -2.05. The molecule has 1 saturated carbocycles. The van der Waals surface area contributed by atoms with E-state index < -0.39 is 0 Å². The molecule has 1 aromatic carbocycles. The SMILES string of the molecule is CNCc1ccc(NC(=O)C2CC2C)cc1. The average Bonchev–Trinajstić information content (AvgIpc) is 2.99. The van der Waals surface area contributed by atoms with Crippen LogP contribution in [0.15, 0.2) is 24.3 Å². The van der Waals surface area contributed by atoms with Crippen molar-refractivity contribution >= 4 is 11.6 Å². The van der Waals surface area contributed by atoms with E-state index in [1.54, 1.807) is 0 Å². The third kappa shape index (κ3) is 2.61. The number of nitrogens with one attached hydrogen (secondary N) is 2. The molecule has 1 aromatic rings. The van der Waals surface area contributed by atoms with Crippen molar-refractivity contribution in [3.8, 4) is 0 Å². The Morgan fingerprint density at radius 2 is 2.00 bits per heavy atom. The second kappa shape index (κ2) is 4.66. The molecule has 1 aliphatic rings. The summed E-state index contributed by atoms with van der Waals surface area (Å²) in [5, 5.41) is 6.04. The van der Waals surface area contributed by atoms with Crippen LogP contribution in [-0.4, -0.2) is 13.0 Å². The van der Waals surface area contributed by atoms with Crippen molar-refractivity contribution in [2.45, 2.75) is 19.9 Å². The Morgan fingerprint density at radius 3 is 2.50 bits per heavy atom. The van der Waals surface area contributed by atoms with Crippen molar-refractivity contribution in [1.29, 1.82) is 0 Å². The number of hydrogen-bond acceptors (Lipinski definition) is 2. The third-order valence-corrected chi connectivity index (χ3v) is 3.05. The molecule has 2 rings (SSSR count). The second-order valence-electron chi connectivity index (χ2n) is 4.54. The molecule has 0 spiro atoms. The maximum atomic E-state index is 11.7. The van der Waals surface area contributed by atoms with Crippen LogP contribution in [0, 0.1) is 11.8 Å². The molecule has 0 heterocycles. The maximum Gasteiger partial charge on any atom is 0.227 e. The second-order valence-corrected chi connectivity index (χ2v) is 4.54. The average molecular weight is 218 g/mol. The van der Waals surface area contributed by atoms with E-state index in [0.29, 0.717) is 5.92 Å². The van der Waals surface area contributed by atoms with E-state index in [0.717, 1.165) is 18.7 Å². The number of anilines is 1. The first-order chi connectivity index (χ1) is 7.70. The minimum Gasteiger partial charge on any atom is -0.326 e. The normalized spacial score (nSPS) is 22.9. The predicted molar refractivity (Wildman–Crippen MR) is 65.1 cm³/mol. The highest BCUT2D eigenvalue weighted by molar-refractivity contribution is 5.94. The topological polar surface area (TPSA) is 41.1 Å². The van der Waals surface area contributed by atoms with Gasteiger partial charge in [0.05, 0.1) is 0 Å². The summed E-state index contributed by atoms with van der Waals surface area (Å²) < 4.78 is 0. The molecule has 2 atom stereocenters. The maximum absolute atomic E-state index is 11.7. The van der Waals surface area contributed by atoms with Crippen LogP contribution < -0.4 is 10.6 Å². The summed E-state index contributed by atoms with van der Waals surface area (Å²) in [6.45, 7) is 2.97. The largest absolute Gasteiger partial charge is 0.326 e. The zero-order valence-corrected chi connectivity index (χ0v) is 9.79. The van der Waals surface area contributed by atoms with Gasteiger partial charge in [0, 0.05) is 18.2 Å². The molecule has 3 heteroatoms. The van der Waals surface area contributed by atoms with Gasteiger partial charge in [0.1, 0.15) is 0 Å². The molecule has 0 aliphatic heterocycles. The molecule has 86 valence electrons. The summed E-state index contributed by atoms with van der Waals surface area (Å²) in [7, 11) is 1.92. The van der Waals surface area contributed by atoms with Gasteiger partial charge >= 0.3 is 0 Å². The highest BCUT2D eigenvalue weighted by atomic mass is 16.2. The van der Waals surface area contributed by atoms with Crippen LogP contribution in [0.1, 0.15) is 18.9 Å². The zero-order valence-electron chi connectivity index (χ0n) is 9.79. The first-order valence-corrected chi connectivity index (χ1v) is 5.75. The van der Waals surface area contributed by atoms with E-state index in [9.17, 15) is 4.79 Å². The molecular weight excluding hydrogens is 200 g/mol. The summed E-state index contributed by atoms with van der Waals surface area (Å²) in [4.78, 5) is 11.7. The van der Waals surface area contributed by atoms with Crippen LogP contribution in [0.4, 0.5) is 5.69 Å². The van der Waals surface area contributed by atoms with E-state index in [1.807, 2.05) is 31.3 Å². The van der Waals surface area contributed by atoms with Crippen LogP contribution in [0.25, 0.3) is 0 Å². The van der Waals surface area contributed by atoms with E-state index in [2.05, 4.69) is 17.6 Å². The summed E-state index contributed by atoms with van der Waals surface area (Å²) in [5.74, 6) is 0.953. The number of rotatable bonds is 4. The highest BCUT2D eigenvalue weighted by Crippen LogP contribution is 2.38. The molecule has 3 nitrogen and oxygen atoms in total. The summed E-state index contributed by atoms with van der Waals surface area (Å²) in [6.07, 6.45) is 1.03. The van der Waals surface area contributed by atoms with E-state index >= 15 is 0 Å². The lowest BCUT2D eigenvalue weighted by molar-refractivity contribution is -0.117. The quantitative estimate of drug-likeness (QED) is 0.811. The summed E-state index contributed by atoms with van der Waals surface area (Å²) in [6, 6.07) is 7.97. The minimum absolute atomic E-state index is 0.161. The fourth-order valence-electron chi connectivity index (χ4n) is 1.83. The number of carbonyl (C=O) groups is 1. The van der Waals surface area contributed by atoms with Gasteiger partial charge in [-0.25, -0.2) is 0 Å². The van der Waals surface area contributed by atoms with E-state index in [1.165, 1.54) is 5.56 Å². The van der Waals surface area contributed by atoms with Crippen LogP contribution in [0.2, 0.25) is 0 Å². The Kier molecular flexibility index (Phi) is 3.25. The van der Waals surface area contributed by atoms with Gasteiger partial charge in [0.15, 0.2) is 0 Å². The first kappa shape index (κ1) is 11.1. The van der Waals surface area contributed by atoms with Crippen LogP contribution in [0.5, 0.6) is 0 Å². The smallest absolute Gasteiger partial charge is 0.227 e. The molecule has 0 radical (unpaired) electrons. The van der Waals surface area contributed by atoms with Gasteiger partial charge in [-0.3, -0.25) is 4.79 Å². The number of amides is 1. The first-order valence-electron chi connectivity index (χ1n) is 5.75. The highest BCUT2D eigenvalue weighted by Gasteiger charge is 2.38. The zero-order chi connectivity index (χ0) is 11.5. The van der Waals surface area contributed by atoms with Crippen molar-refractivity contribution in [2.24, 2.45) is 11.8 Å². The van der Waals surface area contributed by atoms with E-state index in [-0.39, 0.29) is 11.8 Å². The Labute approximate surface area is 96.2 Å². The van der Waals surface area contributed by atoms with Gasteiger partial charge in [0.25, 0.3) is 0 Å². The number of carbonyl (C=O) groups excluding carboxylic acids is 1. The molecule has 1 amide bonds. The van der Waals surface area contributed by atoms with Gasteiger partial charge in [0.2, 0.25) is 5.91 Å². The Morgan fingerprint density at radius 1 is 1.38 bits per heavy atom. The molecule has 2 N–H and O–H groups in total. The molecule has 0 aromatic heterocycles. The molecule has 0 saturated heterocycles. The van der Waals surface area contributed by atoms with Gasteiger partial charge in [-0.2, -0.15) is 0 Å². The van der Waals surface area contributed by atoms with Gasteiger partial charge in [-0.05, 0) is 37.1 Å². The van der Waals surface area contributed by atoms with Gasteiger partial charge in [-0.15, -0.1) is 0 Å². The van der Waals surface area contributed by atoms with Gasteiger partial charge < -0.3 is 10.6 Å². The molecule has 1 aliphatic carbocycles. The van der Waals surface area contributed by atoms with Crippen molar-refractivity contribution in [1.82, 2.24) is 5.32 Å². The fraction of sp³-hybridized carbons (Fsp3) is 0.462. The number of benzene rings is 1. The standard InChI is InChI=1S/C13H18N2O/c1-9-7-12(9)13(16)15-11-5-3-10(4-6-11)8-14-2/h3-6,9,12,14H,7-8H2,1-2H3,(H,15,16). The summed E-state index contributed by atoms with van der Waals surface area (Å²) >= 11 is 0. The molecule has 1 fully saturated rings. The van der Waals surface area contributed by atoms with Crippen LogP contribution in [0.3, 0.4) is 0 Å². The van der Waals surface area contributed by atoms with Crippen molar-refractivity contribution in [2.75, 3.05) is 12.4 Å². The van der Waals surface area contributed by atoms with Crippen molar-refractivity contribution < 1.29 is 4.79 Å². The molecule has 0 bridgehead atoms. The summed E-state index contributed by atoms with van der Waals surface area (Å²) in [5.41, 5.74) is 2.12. The number of hydrogen-bond donors (Lipinski definition) is 2. The van der Waals surface area contributed by atoms with Crippen molar-refractivity contribution in [3.05, 3.63) is 29.8 Å². The molecule has 2 unspecified atom stereocenters. The predicted octanol–water partition coefficient (Wildman–Crippen LogP) is 2.00. The van der Waals surface area contributed by atoms with Crippen LogP contribution >= 0.6 is 0 Å². The van der Waals surface area contributed by atoms with Crippen molar-refractivity contribution in [3.63, 3.8) is 0 Å². The minimum atomic E-state index is 0.161. The Balaban J connectivity index is 1.92. The molecular formula is C13H18N2O. The lowest BCUT2D eigenvalue weighted by Crippen LogP contribution is -2.14. The lowest BCUT2D eigenvalue weighted by atomic mass is 10.2. The molecule has 16 heavy (non-hydrogen) atoms. The van der Waals surface area contributed by atoms with Gasteiger partial charge in [-0.1, -0.05) is 19.1 Å². The van der Waals surface area contributed by atoms with Crippen LogP contribution in [-0.2, 0) is 11.3 Å².